The Morgan fingerprint density at radius 3 is 2.62 bits per heavy atom. The standard InChI is InChI=1S/C14H16FN3O2S/c1-9(2)14-16-7-6-13(17-14)18-21(19,20)12-8-11(15)5-4-10(12)3/h4-9H,1-3H3,(H,16,17,18). The fourth-order valence-corrected chi connectivity index (χ4v) is 3.02. The first-order valence-corrected chi connectivity index (χ1v) is 7.90. The van der Waals surface area contributed by atoms with Crippen LogP contribution in [0.5, 0.6) is 0 Å². The van der Waals surface area contributed by atoms with E-state index in [1.54, 1.807) is 6.92 Å². The highest BCUT2D eigenvalue weighted by Gasteiger charge is 2.18. The number of hydrogen-bond donors (Lipinski definition) is 1. The molecule has 0 atom stereocenters. The number of sulfonamides is 1. The molecule has 112 valence electrons. The molecule has 5 nitrogen and oxygen atoms in total. The van der Waals surface area contributed by atoms with Crippen LogP contribution in [0, 0.1) is 12.7 Å². The van der Waals surface area contributed by atoms with Crippen molar-refractivity contribution in [2.75, 3.05) is 4.72 Å². The van der Waals surface area contributed by atoms with Crippen LogP contribution < -0.4 is 4.72 Å². The summed E-state index contributed by atoms with van der Waals surface area (Å²) in [6.07, 6.45) is 1.48. The van der Waals surface area contributed by atoms with Gasteiger partial charge >= 0.3 is 0 Å². The highest BCUT2D eigenvalue weighted by molar-refractivity contribution is 7.92. The van der Waals surface area contributed by atoms with Crippen molar-refractivity contribution in [1.29, 1.82) is 0 Å². The maximum absolute atomic E-state index is 13.3. The average molecular weight is 309 g/mol. The van der Waals surface area contributed by atoms with Crippen LogP contribution in [-0.4, -0.2) is 18.4 Å². The second-order valence-corrected chi connectivity index (χ2v) is 6.62. The summed E-state index contributed by atoms with van der Waals surface area (Å²) in [4.78, 5) is 8.10. The number of aromatic nitrogens is 2. The third-order valence-corrected chi connectivity index (χ3v) is 4.37. The van der Waals surface area contributed by atoms with Crippen LogP contribution in [0.3, 0.4) is 0 Å². The zero-order chi connectivity index (χ0) is 15.6. The minimum atomic E-state index is -3.89. The van der Waals surface area contributed by atoms with Crippen molar-refractivity contribution in [3.05, 3.63) is 47.7 Å². The molecule has 0 bridgehead atoms. The van der Waals surface area contributed by atoms with Crippen LogP contribution in [0.4, 0.5) is 10.2 Å². The van der Waals surface area contributed by atoms with Crippen LogP contribution in [0.25, 0.3) is 0 Å². The molecule has 0 saturated heterocycles. The molecule has 0 amide bonds. The lowest BCUT2D eigenvalue weighted by Crippen LogP contribution is -2.16. The van der Waals surface area contributed by atoms with Crippen LogP contribution in [0.2, 0.25) is 0 Å². The summed E-state index contributed by atoms with van der Waals surface area (Å²) in [5, 5.41) is 0. The SMILES string of the molecule is Cc1ccc(F)cc1S(=O)(=O)Nc1ccnc(C(C)C)n1. The summed E-state index contributed by atoms with van der Waals surface area (Å²) in [6.45, 7) is 5.42. The van der Waals surface area contributed by atoms with Crippen molar-refractivity contribution in [2.24, 2.45) is 0 Å². The van der Waals surface area contributed by atoms with Crippen LogP contribution in [0.1, 0.15) is 31.2 Å². The summed E-state index contributed by atoms with van der Waals surface area (Å²) in [6, 6.07) is 5.08. The molecule has 7 heteroatoms. The average Bonchev–Trinajstić information content (AvgIpc) is 2.41. The lowest BCUT2D eigenvalue weighted by atomic mass is 10.2. The lowest BCUT2D eigenvalue weighted by Gasteiger charge is -2.11. The zero-order valence-corrected chi connectivity index (χ0v) is 12.8. The fraction of sp³-hybridized carbons (Fsp3) is 0.286. The van der Waals surface area contributed by atoms with Gasteiger partial charge in [0.05, 0.1) is 4.90 Å². The Bertz CT molecular complexity index is 761. The van der Waals surface area contributed by atoms with E-state index >= 15 is 0 Å². The second-order valence-electron chi connectivity index (χ2n) is 4.97. The normalized spacial score (nSPS) is 11.7. The van der Waals surface area contributed by atoms with Crippen LogP contribution >= 0.6 is 0 Å². The third-order valence-electron chi connectivity index (χ3n) is 2.87. The second kappa shape index (κ2) is 5.77. The topological polar surface area (TPSA) is 72.0 Å². The van der Waals surface area contributed by atoms with Gasteiger partial charge in [-0.25, -0.2) is 22.8 Å². The van der Waals surface area contributed by atoms with E-state index in [1.165, 1.54) is 24.4 Å². The van der Waals surface area contributed by atoms with Crippen molar-refractivity contribution in [2.45, 2.75) is 31.6 Å². The molecule has 0 saturated carbocycles. The van der Waals surface area contributed by atoms with Gasteiger partial charge in [-0.15, -0.1) is 0 Å². The molecule has 1 aromatic heterocycles. The van der Waals surface area contributed by atoms with E-state index < -0.39 is 15.8 Å². The molecule has 0 aliphatic carbocycles. The number of aryl methyl sites for hydroxylation is 1. The molecule has 0 aliphatic heterocycles. The molecule has 0 radical (unpaired) electrons. The van der Waals surface area contributed by atoms with Gasteiger partial charge in [0.15, 0.2) is 0 Å². The van der Waals surface area contributed by atoms with Crippen LogP contribution in [-0.2, 0) is 10.0 Å². The van der Waals surface area contributed by atoms with Gasteiger partial charge in [0.1, 0.15) is 17.5 Å². The molecule has 1 N–H and O–H groups in total. The fourth-order valence-electron chi connectivity index (χ4n) is 1.76. The molecule has 0 unspecified atom stereocenters. The van der Waals surface area contributed by atoms with Gasteiger partial charge in [-0.2, -0.15) is 0 Å². The highest BCUT2D eigenvalue weighted by atomic mass is 32.2. The monoisotopic (exact) mass is 309 g/mol. The van der Waals surface area contributed by atoms with E-state index in [-0.39, 0.29) is 16.6 Å². The third kappa shape index (κ3) is 3.55. The Kier molecular flexibility index (Phi) is 4.22. The van der Waals surface area contributed by atoms with Crippen molar-refractivity contribution in [3.63, 3.8) is 0 Å². The van der Waals surface area contributed by atoms with E-state index in [4.69, 9.17) is 0 Å². The number of hydrogen-bond acceptors (Lipinski definition) is 4. The first-order chi connectivity index (χ1) is 9.79. The molecule has 0 aliphatic rings. The van der Waals surface area contributed by atoms with Gasteiger partial charge in [-0.3, -0.25) is 4.72 Å². The molecule has 1 aromatic carbocycles. The largest absolute Gasteiger partial charge is 0.263 e. The molecule has 0 spiro atoms. The number of nitrogens with one attached hydrogen (secondary N) is 1. The Hall–Kier alpha value is -2.02. The summed E-state index contributed by atoms with van der Waals surface area (Å²) in [7, 11) is -3.89. The summed E-state index contributed by atoms with van der Waals surface area (Å²) < 4.78 is 40.3. The van der Waals surface area contributed by atoms with Crippen molar-refractivity contribution < 1.29 is 12.8 Å². The zero-order valence-electron chi connectivity index (χ0n) is 12.0. The minimum Gasteiger partial charge on any atom is -0.263 e. The molecule has 0 fully saturated rings. The van der Waals surface area contributed by atoms with E-state index in [2.05, 4.69) is 14.7 Å². The molecule has 2 aromatic rings. The van der Waals surface area contributed by atoms with Crippen molar-refractivity contribution >= 4 is 15.8 Å². The highest BCUT2D eigenvalue weighted by Crippen LogP contribution is 2.20. The number of nitrogens with zero attached hydrogens (tertiary/aromatic N) is 2. The first-order valence-electron chi connectivity index (χ1n) is 6.41. The molecular weight excluding hydrogens is 293 g/mol. The molecular formula is C14H16FN3O2S. The van der Waals surface area contributed by atoms with Gasteiger partial charge in [-0.1, -0.05) is 19.9 Å². The Morgan fingerprint density at radius 1 is 1.24 bits per heavy atom. The van der Waals surface area contributed by atoms with Crippen molar-refractivity contribution in [1.82, 2.24) is 9.97 Å². The van der Waals surface area contributed by atoms with E-state index in [1.807, 2.05) is 13.8 Å². The Balaban J connectivity index is 2.37. The predicted molar refractivity (Wildman–Crippen MR) is 78.1 cm³/mol. The quantitative estimate of drug-likeness (QED) is 0.942. The van der Waals surface area contributed by atoms with Crippen molar-refractivity contribution in [3.8, 4) is 0 Å². The van der Waals surface area contributed by atoms with Gasteiger partial charge in [-0.05, 0) is 30.7 Å². The number of rotatable bonds is 4. The number of halogens is 1. The number of anilines is 1. The van der Waals surface area contributed by atoms with Gasteiger partial charge < -0.3 is 0 Å². The lowest BCUT2D eigenvalue weighted by molar-refractivity contribution is 0.594. The number of benzene rings is 1. The minimum absolute atomic E-state index is 0.0744. The maximum atomic E-state index is 13.3. The maximum Gasteiger partial charge on any atom is 0.263 e. The Morgan fingerprint density at radius 2 is 1.95 bits per heavy atom. The smallest absolute Gasteiger partial charge is 0.263 e. The van der Waals surface area contributed by atoms with E-state index in [0.717, 1.165) is 6.07 Å². The van der Waals surface area contributed by atoms with E-state index in [0.29, 0.717) is 11.4 Å². The summed E-state index contributed by atoms with van der Waals surface area (Å²) >= 11 is 0. The van der Waals surface area contributed by atoms with E-state index in [9.17, 15) is 12.8 Å². The van der Waals surface area contributed by atoms with Gasteiger partial charge in [0, 0.05) is 12.1 Å². The van der Waals surface area contributed by atoms with Gasteiger partial charge in [0.25, 0.3) is 10.0 Å². The first kappa shape index (κ1) is 15.4. The van der Waals surface area contributed by atoms with Crippen LogP contribution in [0.15, 0.2) is 35.4 Å². The van der Waals surface area contributed by atoms with Gasteiger partial charge in [0.2, 0.25) is 0 Å². The molecule has 1 heterocycles. The summed E-state index contributed by atoms with van der Waals surface area (Å²) in [5.41, 5.74) is 0.460. The predicted octanol–water partition coefficient (Wildman–Crippen LogP) is 2.85. The molecule has 2 rings (SSSR count). The Labute approximate surface area is 123 Å². The summed E-state index contributed by atoms with van der Waals surface area (Å²) in [5.74, 6) is 0.167. The molecule has 21 heavy (non-hydrogen) atoms.